The highest BCUT2D eigenvalue weighted by molar-refractivity contribution is 7.90. The van der Waals surface area contributed by atoms with Crippen LogP contribution >= 0.6 is 0 Å². The number of rotatable bonds is 8. The van der Waals surface area contributed by atoms with Crippen LogP contribution in [0.4, 0.5) is 15.8 Å². The SMILES string of the molecule is COc1ccncc1N(c1ccc(OC(C)F)cc1)C1CCN(C(=O)c2ccc(S(C)(=O)=O)cc2)CC1. The summed E-state index contributed by atoms with van der Waals surface area (Å²) < 4.78 is 47.5. The molecule has 1 fully saturated rings. The van der Waals surface area contributed by atoms with Crippen molar-refractivity contribution >= 4 is 27.1 Å². The Bertz CT molecular complexity index is 1320. The number of carbonyl (C=O) groups excluding carboxylic acids is 1. The monoisotopic (exact) mass is 527 g/mol. The van der Waals surface area contributed by atoms with Crippen molar-refractivity contribution in [3.8, 4) is 11.5 Å². The van der Waals surface area contributed by atoms with E-state index in [1.54, 1.807) is 54.7 Å². The summed E-state index contributed by atoms with van der Waals surface area (Å²) in [5.41, 5.74) is 2.11. The van der Waals surface area contributed by atoms with Gasteiger partial charge in [-0.15, -0.1) is 0 Å². The van der Waals surface area contributed by atoms with Gasteiger partial charge in [0.1, 0.15) is 17.2 Å². The fourth-order valence-corrected chi connectivity index (χ4v) is 5.13. The molecule has 1 amide bonds. The van der Waals surface area contributed by atoms with Crippen LogP contribution in [0.1, 0.15) is 30.1 Å². The number of aromatic nitrogens is 1. The minimum Gasteiger partial charge on any atom is -0.494 e. The Hall–Kier alpha value is -3.66. The van der Waals surface area contributed by atoms with Crippen molar-refractivity contribution in [3.63, 3.8) is 0 Å². The van der Waals surface area contributed by atoms with E-state index in [0.29, 0.717) is 43.0 Å². The van der Waals surface area contributed by atoms with Gasteiger partial charge in [-0.05, 0) is 61.4 Å². The molecule has 4 rings (SSSR count). The molecule has 1 aliphatic rings. The fourth-order valence-electron chi connectivity index (χ4n) is 4.50. The normalized spacial score (nSPS) is 15.2. The topological polar surface area (TPSA) is 89.0 Å². The molecular weight excluding hydrogens is 497 g/mol. The van der Waals surface area contributed by atoms with Crippen molar-refractivity contribution in [2.45, 2.75) is 37.1 Å². The molecule has 1 aromatic heterocycles. The molecule has 10 heteroatoms. The molecule has 2 heterocycles. The molecular formula is C27H30FN3O5S. The van der Waals surface area contributed by atoms with E-state index in [-0.39, 0.29) is 16.8 Å². The highest BCUT2D eigenvalue weighted by atomic mass is 32.2. The Morgan fingerprint density at radius 3 is 2.30 bits per heavy atom. The average Bonchev–Trinajstić information content (AvgIpc) is 2.89. The zero-order valence-electron chi connectivity index (χ0n) is 21.0. The van der Waals surface area contributed by atoms with Crippen LogP contribution < -0.4 is 14.4 Å². The molecule has 0 N–H and O–H groups in total. The van der Waals surface area contributed by atoms with E-state index in [1.165, 1.54) is 19.1 Å². The van der Waals surface area contributed by atoms with Gasteiger partial charge >= 0.3 is 0 Å². The van der Waals surface area contributed by atoms with Gasteiger partial charge in [-0.2, -0.15) is 0 Å². The van der Waals surface area contributed by atoms with Crippen molar-refractivity contribution in [2.24, 2.45) is 0 Å². The van der Waals surface area contributed by atoms with Gasteiger partial charge < -0.3 is 19.3 Å². The van der Waals surface area contributed by atoms with Gasteiger partial charge in [0, 0.05) is 55.8 Å². The highest BCUT2D eigenvalue weighted by Crippen LogP contribution is 2.38. The number of piperidine rings is 1. The summed E-state index contributed by atoms with van der Waals surface area (Å²) in [6.07, 6.45) is 4.50. The molecule has 8 nitrogen and oxygen atoms in total. The van der Waals surface area contributed by atoms with Gasteiger partial charge in [0.2, 0.25) is 6.36 Å². The molecule has 3 aromatic rings. The summed E-state index contributed by atoms with van der Waals surface area (Å²) in [5, 5.41) is 0. The van der Waals surface area contributed by atoms with Crippen molar-refractivity contribution in [2.75, 3.05) is 31.4 Å². The number of carbonyl (C=O) groups is 1. The second-order valence-electron chi connectivity index (χ2n) is 8.89. The summed E-state index contributed by atoms with van der Waals surface area (Å²) in [4.78, 5) is 21.5. The van der Waals surface area contributed by atoms with Crippen molar-refractivity contribution < 1.29 is 27.1 Å². The third kappa shape index (κ3) is 6.19. The number of ether oxygens (including phenoxy) is 2. The number of likely N-dealkylation sites (tertiary alicyclic amines) is 1. The third-order valence-electron chi connectivity index (χ3n) is 6.30. The molecule has 37 heavy (non-hydrogen) atoms. The van der Waals surface area contributed by atoms with Crippen molar-refractivity contribution in [3.05, 3.63) is 72.6 Å². The number of methoxy groups -OCH3 is 1. The molecule has 196 valence electrons. The van der Waals surface area contributed by atoms with Gasteiger partial charge in [-0.3, -0.25) is 9.78 Å². The predicted octanol–water partition coefficient (Wildman–Crippen LogP) is 4.63. The van der Waals surface area contributed by atoms with Crippen molar-refractivity contribution in [1.29, 1.82) is 0 Å². The van der Waals surface area contributed by atoms with Crippen LogP contribution in [0.5, 0.6) is 11.5 Å². The van der Waals surface area contributed by atoms with Crippen LogP contribution in [0.15, 0.2) is 71.9 Å². The van der Waals surface area contributed by atoms with E-state index in [9.17, 15) is 17.6 Å². The van der Waals surface area contributed by atoms with E-state index in [4.69, 9.17) is 9.47 Å². The van der Waals surface area contributed by atoms with Crippen LogP contribution in [-0.2, 0) is 9.84 Å². The van der Waals surface area contributed by atoms with Crippen LogP contribution in [-0.4, -0.2) is 63.1 Å². The lowest BCUT2D eigenvalue weighted by atomic mass is 10.00. The largest absolute Gasteiger partial charge is 0.494 e. The first-order valence-corrected chi connectivity index (χ1v) is 13.8. The van der Waals surface area contributed by atoms with Gasteiger partial charge in [-0.1, -0.05) is 0 Å². The molecule has 0 saturated carbocycles. The van der Waals surface area contributed by atoms with Gasteiger partial charge in [0.05, 0.1) is 18.2 Å². The van der Waals surface area contributed by atoms with Crippen LogP contribution in [0, 0.1) is 0 Å². The summed E-state index contributed by atoms with van der Waals surface area (Å²) >= 11 is 0. The number of pyridine rings is 1. The molecule has 0 bridgehead atoms. The number of hydrogen-bond donors (Lipinski definition) is 0. The first-order chi connectivity index (χ1) is 17.7. The molecule has 0 aliphatic carbocycles. The van der Waals surface area contributed by atoms with Crippen LogP contribution in [0.3, 0.4) is 0 Å². The fraction of sp³-hybridized carbons (Fsp3) is 0.333. The minimum atomic E-state index is -3.33. The van der Waals surface area contributed by atoms with E-state index < -0.39 is 16.2 Å². The number of anilines is 2. The molecule has 0 radical (unpaired) electrons. The van der Waals surface area contributed by atoms with Gasteiger partial charge in [0.25, 0.3) is 5.91 Å². The lowest BCUT2D eigenvalue weighted by Gasteiger charge is -2.40. The lowest BCUT2D eigenvalue weighted by Crippen LogP contribution is -2.45. The summed E-state index contributed by atoms with van der Waals surface area (Å²) in [6.45, 7) is 2.38. The standard InChI is InChI=1S/C27H30FN3O5S/c1-19(28)36-23-8-6-21(7-9-23)31(25-18-29-15-12-26(25)35-2)22-13-16-30(17-14-22)27(32)20-4-10-24(11-5-20)37(3,33)34/h4-12,15,18-19,22H,13-14,16-17H2,1-3H3. The minimum absolute atomic E-state index is 0.0432. The van der Waals surface area contributed by atoms with Gasteiger partial charge in [0.15, 0.2) is 9.84 Å². The summed E-state index contributed by atoms with van der Waals surface area (Å²) in [6, 6.07) is 15.0. The van der Waals surface area contributed by atoms with E-state index >= 15 is 0 Å². The molecule has 1 saturated heterocycles. The Labute approximate surface area is 216 Å². The number of alkyl halides is 1. The maximum atomic E-state index is 13.3. The number of hydrogen-bond acceptors (Lipinski definition) is 7. The first-order valence-electron chi connectivity index (χ1n) is 11.9. The third-order valence-corrected chi connectivity index (χ3v) is 7.43. The van der Waals surface area contributed by atoms with Crippen molar-refractivity contribution in [1.82, 2.24) is 9.88 Å². The number of halogens is 1. The van der Waals surface area contributed by atoms with Crippen LogP contribution in [0.2, 0.25) is 0 Å². The summed E-state index contributed by atoms with van der Waals surface area (Å²) in [7, 11) is -1.72. The number of sulfone groups is 1. The molecule has 0 spiro atoms. The second kappa shape index (κ2) is 11.2. The lowest BCUT2D eigenvalue weighted by molar-refractivity contribution is 0.0714. The average molecular weight is 528 g/mol. The Morgan fingerprint density at radius 1 is 1.08 bits per heavy atom. The number of nitrogens with zero attached hydrogens (tertiary/aromatic N) is 3. The van der Waals surface area contributed by atoms with E-state index in [1.807, 2.05) is 12.1 Å². The Balaban J connectivity index is 1.54. The predicted molar refractivity (Wildman–Crippen MR) is 139 cm³/mol. The maximum Gasteiger partial charge on any atom is 0.253 e. The summed E-state index contributed by atoms with van der Waals surface area (Å²) in [5.74, 6) is 0.960. The Kier molecular flexibility index (Phi) is 7.97. The molecule has 1 aliphatic heterocycles. The van der Waals surface area contributed by atoms with E-state index in [0.717, 1.165) is 17.6 Å². The van der Waals surface area contributed by atoms with E-state index in [2.05, 4.69) is 9.88 Å². The van der Waals surface area contributed by atoms with Gasteiger partial charge in [-0.25, -0.2) is 12.8 Å². The molecule has 2 aromatic carbocycles. The quantitative estimate of drug-likeness (QED) is 0.422. The second-order valence-corrected chi connectivity index (χ2v) is 10.9. The maximum absolute atomic E-state index is 13.3. The first kappa shape index (κ1) is 26.4. The number of benzene rings is 2. The highest BCUT2D eigenvalue weighted by Gasteiger charge is 2.30. The van der Waals surface area contributed by atoms with Crippen LogP contribution in [0.25, 0.3) is 0 Å². The zero-order valence-corrected chi connectivity index (χ0v) is 21.8. The number of amides is 1. The molecule has 1 atom stereocenters. The zero-order chi connectivity index (χ0) is 26.6. The smallest absolute Gasteiger partial charge is 0.253 e. The Morgan fingerprint density at radius 2 is 1.73 bits per heavy atom. The molecule has 1 unspecified atom stereocenters.